The summed E-state index contributed by atoms with van der Waals surface area (Å²) in [6.07, 6.45) is 0.886. The predicted octanol–water partition coefficient (Wildman–Crippen LogP) is 4.46. The maximum atomic E-state index is 12.5. The zero-order chi connectivity index (χ0) is 18.5. The summed E-state index contributed by atoms with van der Waals surface area (Å²) < 4.78 is 5.31. The number of fused-ring (bicyclic) bond motifs is 1. The molecule has 3 rings (SSSR count). The van der Waals surface area contributed by atoms with Crippen LogP contribution in [0.15, 0.2) is 60.8 Å². The van der Waals surface area contributed by atoms with Crippen LogP contribution in [0.1, 0.15) is 23.7 Å². The quantitative estimate of drug-likeness (QED) is 0.533. The molecule has 1 unspecified atom stereocenters. The number of anilines is 1. The van der Waals surface area contributed by atoms with E-state index in [1.165, 1.54) is 12.3 Å². The van der Waals surface area contributed by atoms with Crippen molar-refractivity contribution >= 4 is 39.9 Å². The van der Waals surface area contributed by atoms with Crippen molar-refractivity contribution < 1.29 is 14.3 Å². The Kier molecular flexibility index (Phi) is 5.49. The molecule has 1 aromatic heterocycles. The Labute approximate surface area is 156 Å². The van der Waals surface area contributed by atoms with Crippen LogP contribution < -0.4 is 5.32 Å². The van der Waals surface area contributed by atoms with E-state index in [0.29, 0.717) is 12.1 Å². The molecule has 0 saturated heterocycles. The van der Waals surface area contributed by atoms with E-state index in [4.69, 9.17) is 16.3 Å². The maximum absolute atomic E-state index is 12.5. The number of hydrogen-bond acceptors (Lipinski definition) is 4. The average molecular weight is 369 g/mol. The number of carbonyl (C=O) groups is 2. The lowest BCUT2D eigenvalue weighted by Crippen LogP contribution is -2.32. The first kappa shape index (κ1) is 17.9. The molecule has 26 heavy (non-hydrogen) atoms. The zero-order valence-electron chi connectivity index (χ0n) is 14.1. The van der Waals surface area contributed by atoms with Crippen LogP contribution >= 0.6 is 11.6 Å². The molecule has 0 spiro atoms. The number of aromatic nitrogens is 1. The molecular formula is C20H17ClN2O3. The highest BCUT2D eigenvalue weighted by molar-refractivity contribution is 6.32. The highest BCUT2D eigenvalue weighted by atomic mass is 35.5. The number of rotatable bonds is 5. The molecule has 1 heterocycles. The van der Waals surface area contributed by atoms with Gasteiger partial charge in [-0.15, -0.1) is 0 Å². The average Bonchev–Trinajstić information content (AvgIpc) is 2.66. The highest BCUT2D eigenvalue weighted by Crippen LogP contribution is 2.20. The molecule has 1 amide bonds. The lowest BCUT2D eigenvalue weighted by molar-refractivity contribution is -0.124. The van der Waals surface area contributed by atoms with Gasteiger partial charge in [0.25, 0.3) is 5.91 Å². The van der Waals surface area contributed by atoms with E-state index in [1.807, 2.05) is 42.5 Å². The monoisotopic (exact) mass is 368 g/mol. The third kappa shape index (κ3) is 4.00. The van der Waals surface area contributed by atoms with Crippen LogP contribution in [0.5, 0.6) is 0 Å². The fourth-order valence-corrected chi connectivity index (χ4v) is 2.74. The van der Waals surface area contributed by atoms with Gasteiger partial charge < -0.3 is 10.1 Å². The summed E-state index contributed by atoms with van der Waals surface area (Å²) >= 11 is 5.90. The normalized spacial score (nSPS) is 11.8. The Balaban J connectivity index is 1.72. The van der Waals surface area contributed by atoms with Gasteiger partial charge in [-0.2, -0.15) is 0 Å². The fraction of sp³-hybridized carbons (Fsp3) is 0.150. The van der Waals surface area contributed by atoms with Crippen molar-refractivity contribution in [1.29, 1.82) is 0 Å². The van der Waals surface area contributed by atoms with Gasteiger partial charge in [0.15, 0.2) is 6.10 Å². The maximum Gasteiger partial charge on any atom is 0.342 e. The van der Waals surface area contributed by atoms with Gasteiger partial charge in [-0.3, -0.25) is 4.79 Å². The Morgan fingerprint density at radius 3 is 2.62 bits per heavy atom. The van der Waals surface area contributed by atoms with Crippen molar-refractivity contribution in [3.8, 4) is 0 Å². The van der Waals surface area contributed by atoms with Crippen LogP contribution in [0.4, 0.5) is 5.69 Å². The second-order valence-corrected chi connectivity index (χ2v) is 6.05. The van der Waals surface area contributed by atoms with E-state index in [9.17, 15) is 9.59 Å². The molecule has 132 valence electrons. The SMILES string of the molecule is CCC(OC(=O)c1cccnc1Cl)C(=O)Nc1ccc2ccccc2c1. The lowest BCUT2D eigenvalue weighted by Gasteiger charge is -2.16. The number of benzene rings is 2. The molecule has 0 aliphatic carbocycles. The van der Waals surface area contributed by atoms with Gasteiger partial charge in [0.2, 0.25) is 0 Å². The van der Waals surface area contributed by atoms with Crippen molar-refractivity contribution in [2.75, 3.05) is 5.32 Å². The summed E-state index contributed by atoms with van der Waals surface area (Å²) in [5.74, 6) is -1.07. The van der Waals surface area contributed by atoms with E-state index in [2.05, 4.69) is 10.3 Å². The van der Waals surface area contributed by atoms with Crippen molar-refractivity contribution in [3.63, 3.8) is 0 Å². The number of pyridine rings is 1. The van der Waals surface area contributed by atoms with Crippen LogP contribution in [0.3, 0.4) is 0 Å². The Hall–Kier alpha value is -2.92. The molecule has 0 aliphatic heterocycles. The molecule has 0 radical (unpaired) electrons. The van der Waals surface area contributed by atoms with Crippen LogP contribution in [-0.4, -0.2) is 23.0 Å². The smallest absolute Gasteiger partial charge is 0.342 e. The summed E-state index contributed by atoms with van der Waals surface area (Å²) in [7, 11) is 0. The van der Waals surface area contributed by atoms with Gasteiger partial charge in [-0.05, 0) is 41.5 Å². The standard InChI is InChI=1S/C20H17ClN2O3/c1-2-17(26-20(25)16-8-5-11-22-18(16)21)19(24)23-15-10-9-13-6-3-4-7-14(13)12-15/h3-12,17H,2H2,1H3,(H,23,24). The number of amides is 1. The molecule has 1 atom stereocenters. The van der Waals surface area contributed by atoms with E-state index in [1.54, 1.807) is 13.0 Å². The molecule has 2 aromatic carbocycles. The van der Waals surface area contributed by atoms with Gasteiger partial charge in [0.1, 0.15) is 5.15 Å². The van der Waals surface area contributed by atoms with Crippen molar-refractivity contribution in [3.05, 3.63) is 71.5 Å². The summed E-state index contributed by atoms with van der Waals surface area (Å²) in [5, 5.41) is 4.93. The molecule has 0 fully saturated rings. The number of hydrogen-bond donors (Lipinski definition) is 1. The largest absolute Gasteiger partial charge is 0.449 e. The first-order valence-electron chi connectivity index (χ1n) is 8.19. The number of nitrogens with one attached hydrogen (secondary N) is 1. The molecule has 0 bridgehead atoms. The molecule has 0 saturated carbocycles. The molecule has 6 heteroatoms. The number of carbonyl (C=O) groups excluding carboxylic acids is 2. The van der Waals surface area contributed by atoms with Crippen LogP contribution in [-0.2, 0) is 9.53 Å². The predicted molar refractivity (Wildman–Crippen MR) is 101 cm³/mol. The highest BCUT2D eigenvalue weighted by Gasteiger charge is 2.23. The van der Waals surface area contributed by atoms with Crippen LogP contribution in [0, 0.1) is 0 Å². The van der Waals surface area contributed by atoms with E-state index < -0.39 is 18.0 Å². The second-order valence-electron chi connectivity index (χ2n) is 5.70. The van der Waals surface area contributed by atoms with Crippen molar-refractivity contribution in [1.82, 2.24) is 4.98 Å². The Morgan fingerprint density at radius 2 is 1.88 bits per heavy atom. The first-order chi connectivity index (χ1) is 12.6. The number of ether oxygens (including phenoxy) is 1. The molecule has 1 N–H and O–H groups in total. The van der Waals surface area contributed by atoms with Crippen LogP contribution in [0.2, 0.25) is 5.15 Å². The minimum absolute atomic E-state index is 0.0438. The molecule has 3 aromatic rings. The lowest BCUT2D eigenvalue weighted by atomic mass is 10.1. The van der Waals surface area contributed by atoms with Crippen molar-refractivity contribution in [2.45, 2.75) is 19.4 Å². The summed E-state index contributed by atoms with van der Waals surface area (Å²) in [6.45, 7) is 1.77. The number of halogens is 1. The second kappa shape index (κ2) is 7.97. The number of esters is 1. The van der Waals surface area contributed by atoms with Crippen LogP contribution in [0.25, 0.3) is 10.8 Å². The minimum atomic E-state index is -0.926. The Morgan fingerprint density at radius 1 is 1.12 bits per heavy atom. The van der Waals surface area contributed by atoms with Crippen molar-refractivity contribution in [2.24, 2.45) is 0 Å². The number of nitrogens with zero attached hydrogens (tertiary/aromatic N) is 1. The van der Waals surface area contributed by atoms with Gasteiger partial charge >= 0.3 is 5.97 Å². The van der Waals surface area contributed by atoms with Gasteiger partial charge in [0, 0.05) is 11.9 Å². The van der Waals surface area contributed by atoms with E-state index in [-0.39, 0.29) is 10.7 Å². The van der Waals surface area contributed by atoms with Gasteiger partial charge in [-0.1, -0.05) is 48.9 Å². The molecule has 5 nitrogen and oxygen atoms in total. The molecular weight excluding hydrogens is 352 g/mol. The first-order valence-corrected chi connectivity index (χ1v) is 8.57. The van der Waals surface area contributed by atoms with E-state index >= 15 is 0 Å². The third-order valence-electron chi connectivity index (χ3n) is 3.91. The summed E-state index contributed by atoms with van der Waals surface area (Å²) in [6, 6.07) is 16.5. The van der Waals surface area contributed by atoms with E-state index in [0.717, 1.165) is 10.8 Å². The summed E-state index contributed by atoms with van der Waals surface area (Å²) in [4.78, 5) is 28.6. The molecule has 0 aliphatic rings. The van der Waals surface area contributed by atoms with Gasteiger partial charge in [-0.25, -0.2) is 9.78 Å². The topological polar surface area (TPSA) is 68.3 Å². The summed E-state index contributed by atoms with van der Waals surface area (Å²) in [5.41, 5.74) is 0.772. The fourth-order valence-electron chi connectivity index (χ4n) is 2.54. The Bertz CT molecular complexity index is 958. The minimum Gasteiger partial charge on any atom is -0.449 e. The third-order valence-corrected chi connectivity index (χ3v) is 4.21. The van der Waals surface area contributed by atoms with Gasteiger partial charge in [0.05, 0.1) is 5.56 Å². The zero-order valence-corrected chi connectivity index (χ0v) is 14.9.